The maximum Gasteiger partial charge on any atom is 0.460 e. The molecule has 0 aliphatic heterocycles. The number of aryl methyl sites for hydroxylation is 1. The van der Waals surface area contributed by atoms with Crippen LogP contribution in [-0.2, 0) is 22.2 Å². The Balaban J connectivity index is 2.30. The normalized spacial score (nSPS) is 12.8. The SMILES string of the molecule is CON=C(C(=O)O)c1ccccc1COc1nc(C(F)(F)C(F)(F)F)sc1C. The number of halogens is 5. The predicted molar refractivity (Wildman–Crippen MR) is 88.8 cm³/mol. The minimum atomic E-state index is -5.78. The van der Waals surface area contributed by atoms with Crippen molar-refractivity contribution in [2.24, 2.45) is 5.16 Å². The molecule has 0 spiro atoms. The number of hydrogen-bond acceptors (Lipinski definition) is 6. The first-order chi connectivity index (χ1) is 13.0. The summed E-state index contributed by atoms with van der Waals surface area (Å²) in [5.41, 5.74) is -0.0104. The van der Waals surface area contributed by atoms with Gasteiger partial charge in [-0.05, 0) is 12.5 Å². The third-order valence-electron chi connectivity index (χ3n) is 3.40. The van der Waals surface area contributed by atoms with E-state index in [0.717, 1.165) is 7.11 Å². The topological polar surface area (TPSA) is 81.0 Å². The number of carbonyl (C=O) groups is 1. The first kappa shape index (κ1) is 21.5. The molecule has 0 saturated carbocycles. The molecule has 2 rings (SSSR count). The van der Waals surface area contributed by atoms with Gasteiger partial charge in [0, 0.05) is 5.56 Å². The van der Waals surface area contributed by atoms with E-state index in [-0.39, 0.29) is 33.9 Å². The van der Waals surface area contributed by atoms with Crippen LogP contribution in [0.4, 0.5) is 22.0 Å². The molecule has 0 amide bonds. The smallest absolute Gasteiger partial charge is 0.460 e. The molecule has 0 fully saturated rings. The predicted octanol–water partition coefficient (Wildman–Crippen LogP) is 4.12. The highest BCUT2D eigenvalue weighted by Crippen LogP contribution is 2.46. The first-order valence-electron chi connectivity index (χ1n) is 7.47. The molecule has 152 valence electrons. The summed E-state index contributed by atoms with van der Waals surface area (Å²) < 4.78 is 69.6. The van der Waals surface area contributed by atoms with E-state index in [1.165, 1.54) is 25.1 Å². The largest absolute Gasteiger partial charge is 0.476 e. The Bertz CT molecular complexity index is 895. The zero-order valence-corrected chi connectivity index (χ0v) is 15.2. The van der Waals surface area contributed by atoms with Crippen molar-refractivity contribution < 1.29 is 41.4 Å². The molecule has 0 aliphatic carbocycles. The van der Waals surface area contributed by atoms with E-state index in [0.29, 0.717) is 0 Å². The molecule has 2 aromatic rings. The number of carboxylic acid groups (broad SMARTS) is 1. The second-order valence-corrected chi connectivity index (χ2v) is 6.53. The molecule has 0 aliphatic rings. The molecule has 1 aromatic carbocycles. The molecule has 0 radical (unpaired) electrons. The molecular formula is C16H13F5N2O4S. The second-order valence-electron chi connectivity index (χ2n) is 5.33. The number of benzene rings is 1. The fraction of sp³-hybridized carbons (Fsp3) is 0.312. The van der Waals surface area contributed by atoms with Gasteiger partial charge in [0.15, 0.2) is 10.7 Å². The summed E-state index contributed by atoms with van der Waals surface area (Å²) in [4.78, 5) is 19.1. The first-order valence-corrected chi connectivity index (χ1v) is 8.28. The quantitative estimate of drug-likeness (QED) is 0.411. The van der Waals surface area contributed by atoms with E-state index in [9.17, 15) is 31.9 Å². The molecule has 0 saturated heterocycles. The van der Waals surface area contributed by atoms with Crippen LogP contribution >= 0.6 is 11.3 Å². The van der Waals surface area contributed by atoms with Crippen LogP contribution in [0.15, 0.2) is 29.4 Å². The van der Waals surface area contributed by atoms with Crippen LogP contribution in [0.25, 0.3) is 0 Å². The summed E-state index contributed by atoms with van der Waals surface area (Å²) in [6.45, 7) is 0.942. The number of aromatic nitrogens is 1. The monoisotopic (exact) mass is 424 g/mol. The molecule has 0 atom stereocenters. The average molecular weight is 424 g/mol. The minimum absolute atomic E-state index is 0.0143. The van der Waals surface area contributed by atoms with Crippen molar-refractivity contribution in [3.05, 3.63) is 45.3 Å². The van der Waals surface area contributed by atoms with E-state index in [4.69, 9.17) is 4.74 Å². The lowest BCUT2D eigenvalue weighted by Gasteiger charge is -2.16. The zero-order valence-electron chi connectivity index (χ0n) is 14.4. The fourth-order valence-corrected chi connectivity index (χ4v) is 2.94. The van der Waals surface area contributed by atoms with Crippen molar-refractivity contribution in [2.75, 3.05) is 7.11 Å². The van der Waals surface area contributed by atoms with Gasteiger partial charge in [-0.25, -0.2) is 4.79 Å². The number of hydrogen-bond donors (Lipinski definition) is 1. The Labute approximate surface area is 159 Å². The van der Waals surface area contributed by atoms with Crippen LogP contribution < -0.4 is 4.74 Å². The molecule has 6 nitrogen and oxygen atoms in total. The van der Waals surface area contributed by atoms with Crippen LogP contribution in [0.3, 0.4) is 0 Å². The lowest BCUT2D eigenvalue weighted by Crippen LogP contribution is -2.33. The highest BCUT2D eigenvalue weighted by atomic mass is 32.1. The van der Waals surface area contributed by atoms with Crippen molar-refractivity contribution in [1.82, 2.24) is 4.98 Å². The van der Waals surface area contributed by atoms with Crippen molar-refractivity contribution in [3.63, 3.8) is 0 Å². The second kappa shape index (κ2) is 8.09. The van der Waals surface area contributed by atoms with Gasteiger partial charge in [0.2, 0.25) is 5.88 Å². The summed E-state index contributed by atoms with van der Waals surface area (Å²) in [5.74, 6) is -6.89. The summed E-state index contributed by atoms with van der Waals surface area (Å²) in [6, 6.07) is 5.99. The Kier molecular flexibility index (Phi) is 6.22. The number of carboxylic acids is 1. The van der Waals surface area contributed by atoms with E-state index >= 15 is 0 Å². The van der Waals surface area contributed by atoms with Gasteiger partial charge in [-0.1, -0.05) is 29.4 Å². The molecule has 1 aromatic heterocycles. The van der Waals surface area contributed by atoms with Crippen molar-refractivity contribution in [3.8, 4) is 5.88 Å². The molecular weight excluding hydrogens is 411 g/mol. The van der Waals surface area contributed by atoms with Crippen LogP contribution in [-0.4, -0.2) is 35.1 Å². The third kappa shape index (κ3) is 4.38. The van der Waals surface area contributed by atoms with Gasteiger partial charge < -0.3 is 14.7 Å². The number of alkyl halides is 5. The minimum Gasteiger partial charge on any atom is -0.476 e. The highest BCUT2D eigenvalue weighted by Gasteiger charge is 2.61. The van der Waals surface area contributed by atoms with Gasteiger partial charge in [0.1, 0.15) is 13.7 Å². The van der Waals surface area contributed by atoms with Crippen LogP contribution in [0.2, 0.25) is 0 Å². The molecule has 12 heteroatoms. The van der Waals surface area contributed by atoms with Gasteiger partial charge in [-0.15, -0.1) is 11.3 Å². The molecule has 1 heterocycles. The number of nitrogens with zero attached hydrogens (tertiary/aromatic N) is 2. The Morgan fingerprint density at radius 1 is 1.25 bits per heavy atom. The summed E-state index contributed by atoms with van der Waals surface area (Å²) >= 11 is 0.163. The average Bonchev–Trinajstić information content (AvgIpc) is 2.98. The lowest BCUT2D eigenvalue weighted by molar-refractivity contribution is -0.289. The van der Waals surface area contributed by atoms with Crippen LogP contribution in [0, 0.1) is 6.92 Å². The summed E-state index contributed by atoms with van der Waals surface area (Å²) in [7, 11) is 1.16. The van der Waals surface area contributed by atoms with Gasteiger partial charge in [0.25, 0.3) is 0 Å². The molecule has 28 heavy (non-hydrogen) atoms. The molecule has 1 N–H and O–H groups in total. The van der Waals surface area contributed by atoms with Crippen LogP contribution in [0.5, 0.6) is 5.88 Å². The molecule has 0 bridgehead atoms. The number of rotatable bonds is 7. The van der Waals surface area contributed by atoms with E-state index in [1.807, 2.05) is 0 Å². The third-order valence-corrected chi connectivity index (χ3v) is 4.42. The van der Waals surface area contributed by atoms with Crippen molar-refractivity contribution >= 4 is 23.0 Å². The van der Waals surface area contributed by atoms with E-state index < -0.39 is 34.7 Å². The number of oxime groups is 1. The Morgan fingerprint density at radius 3 is 2.46 bits per heavy atom. The standard InChI is InChI=1S/C16H13F5N2O4S/c1-8-12(22-14(28-8)15(17,18)16(19,20)21)27-7-9-5-3-4-6-10(9)11(13(24)25)23-26-2/h3-6H,7H2,1-2H3,(H,24,25). The zero-order chi connectivity index (χ0) is 21.1. The summed E-state index contributed by atoms with van der Waals surface area (Å²) in [5, 5.41) is 11.2. The van der Waals surface area contributed by atoms with E-state index in [2.05, 4.69) is 15.0 Å². The van der Waals surface area contributed by atoms with Crippen LogP contribution in [0.1, 0.15) is 21.0 Å². The van der Waals surface area contributed by atoms with Gasteiger partial charge in [-0.3, -0.25) is 0 Å². The summed E-state index contributed by atoms with van der Waals surface area (Å²) in [6.07, 6.45) is -5.78. The Hall–Kier alpha value is -2.76. The Morgan fingerprint density at radius 2 is 1.89 bits per heavy atom. The van der Waals surface area contributed by atoms with Gasteiger partial charge >= 0.3 is 18.1 Å². The van der Waals surface area contributed by atoms with Gasteiger partial charge in [-0.2, -0.15) is 26.9 Å². The van der Waals surface area contributed by atoms with Gasteiger partial charge in [0.05, 0.1) is 4.88 Å². The maximum atomic E-state index is 13.4. The maximum absolute atomic E-state index is 13.4. The number of thiazole rings is 1. The number of ether oxygens (including phenoxy) is 1. The highest BCUT2D eigenvalue weighted by molar-refractivity contribution is 7.12. The molecule has 0 unspecified atom stereocenters. The van der Waals surface area contributed by atoms with Crippen molar-refractivity contribution in [2.45, 2.75) is 25.6 Å². The van der Waals surface area contributed by atoms with Crippen molar-refractivity contribution in [1.29, 1.82) is 0 Å². The van der Waals surface area contributed by atoms with E-state index in [1.54, 1.807) is 6.07 Å². The lowest BCUT2D eigenvalue weighted by atomic mass is 10.0. The fourth-order valence-electron chi connectivity index (χ4n) is 2.09. The number of aliphatic carboxylic acids is 1.